The van der Waals surface area contributed by atoms with Crippen molar-refractivity contribution in [2.24, 2.45) is 0 Å². The van der Waals surface area contributed by atoms with Gasteiger partial charge in [0.2, 0.25) is 0 Å². The fraction of sp³-hybridized carbons (Fsp3) is 0.158. The van der Waals surface area contributed by atoms with Crippen LogP contribution in [0.2, 0.25) is 10.0 Å². The van der Waals surface area contributed by atoms with Crippen LogP contribution in [0, 0.1) is 0 Å². The average Bonchev–Trinajstić information content (AvgIpc) is 3.01. The van der Waals surface area contributed by atoms with Gasteiger partial charge in [-0.1, -0.05) is 69.1 Å². The molecule has 0 atom stereocenters. The maximum absolute atomic E-state index is 6.16. The van der Waals surface area contributed by atoms with Gasteiger partial charge in [-0.25, -0.2) is 0 Å². The van der Waals surface area contributed by atoms with E-state index in [1.54, 1.807) is 30.0 Å². The Kier molecular flexibility index (Phi) is 7.24. The lowest BCUT2D eigenvalue weighted by Crippen LogP contribution is -2.07. The summed E-state index contributed by atoms with van der Waals surface area (Å²) in [6, 6.07) is 13.3. The highest BCUT2D eigenvalue weighted by Gasteiger charge is 2.13. The molecular formula is C19H16BrCl2N3OS. The van der Waals surface area contributed by atoms with E-state index in [-0.39, 0.29) is 6.61 Å². The molecular weight excluding hydrogens is 469 g/mol. The molecule has 8 heteroatoms. The molecule has 2 aromatic carbocycles. The van der Waals surface area contributed by atoms with Crippen LogP contribution in [0.25, 0.3) is 0 Å². The minimum absolute atomic E-state index is 0.250. The second kappa shape index (κ2) is 9.64. The Bertz CT molecular complexity index is 948. The van der Waals surface area contributed by atoms with Crippen LogP contribution < -0.4 is 4.74 Å². The van der Waals surface area contributed by atoms with E-state index in [0.717, 1.165) is 15.4 Å². The van der Waals surface area contributed by atoms with E-state index in [2.05, 4.69) is 44.8 Å². The molecule has 0 saturated carbocycles. The summed E-state index contributed by atoms with van der Waals surface area (Å²) in [4.78, 5) is 0. The number of ether oxygens (including phenoxy) is 1. The first kappa shape index (κ1) is 20.3. The number of hydrogen-bond donors (Lipinski definition) is 0. The summed E-state index contributed by atoms with van der Waals surface area (Å²) in [6.45, 7) is 4.67. The Morgan fingerprint density at radius 2 is 2.04 bits per heavy atom. The van der Waals surface area contributed by atoms with Gasteiger partial charge in [0.15, 0.2) is 11.0 Å². The Hall–Kier alpha value is -1.47. The van der Waals surface area contributed by atoms with Crippen LogP contribution >= 0.6 is 50.9 Å². The number of halogens is 3. The lowest BCUT2D eigenvalue weighted by molar-refractivity contribution is 0.289. The van der Waals surface area contributed by atoms with E-state index in [1.165, 1.54) is 5.56 Å². The molecule has 1 aromatic heterocycles. The van der Waals surface area contributed by atoms with Gasteiger partial charge in [-0.3, -0.25) is 4.57 Å². The largest absolute Gasteiger partial charge is 0.484 e. The van der Waals surface area contributed by atoms with Crippen LogP contribution in [0.3, 0.4) is 0 Å². The highest BCUT2D eigenvalue weighted by molar-refractivity contribution is 9.10. The molecule has 0 amide bonds. The summed E-state index contributed by atoms with van der Waals surface area (Å²) < 4.78 is 8.84. The molecule has 0 N–H and O–H groups in total. The zero-order valence-corrected chi connectivity index (χ0v) is 18.2. The van der Waals surface area contributed by atoms with Crippen LogP contribution in [0.5, 0.6) is 5.75 Å². The molecule has 0 spiro atoms. The molecule has 0 aliphatic rings. The van der Waals surface area contributed by atoms with Gasteiger partial charge in [-0.15, -0.1) is 16.8 Å². The summed E-state index contributed by atoms with van der Waals surface area (Å²) in [5.74, 6) is 2.05. The average molecular weight is 485 g/mol. The summed E-state index contributed by atoms with van der Waals surface area (Å²) in [7, 11) is 0. The molecule has 0 fully saturated rings. The van der Waals surface area contributed by atoms with Crippen molar-refractivity contribution in [1.82, 2.24) is 14.8 Å². The smallest absolute Gasteiger partial charge is 0.191 e. The second-order valence-corrected chi connectivity index (χ2v) is 8.28. The Morgan fingerprint density at radius 3 is 2.78 bits per heavy atom. The third-order valence-corrected chi connectivity index (χ3v) is 5.67. The van der Waals surface area contributed by atoms with E-state index >= 15 is 0 Å². The molecule has 140 valence electrons. The maximum atomic E-state index is 6.16. The first-order chi connectivity index (χ1) is 13.1. The van der Waals surface area contributed by atoms with Gasteiger partial charge in [0.1, 0.15) is 12.4 Å². The number of aromatic nitrogens is 3. The number of benzene rings is 2. The topological polar surface area (TPSA) is 39.9 Å². The van der Waals surface area contributed by atoms with Gasteiger partial charge in [0.25, 0.3) is 0 Å². The molecule has 0 aliphatic heterocycles. The Labute approximate surface area is 180 Å². The van der Waals surface area contributed by atoms with Crippen molar-refractivity contribution >= 4 is 50.9 Å². The molecule has 3 rings (SSSR count). The minimum atomic E-state index is 0.250. The second-order valence-electron chi connectivity index (χ2n) is 5.58. The van der Waals surface area contributed by atoms with Gasteiger partial charge in [-0.05, 0) is 35.9 Å². The van der Waals surface area contributed by atoms with Gasteiger partial charge in [0, 0.05) is 21.8 Å². The van der Waals surface area contributed by atoms with E-state index < -0.39 is 0 Å². The van der Waals surface area contributed by atoms with E-state index in [9.17, 15) is 0 Å². The molecule has 0 radical (unpaired) electrons. The Balaban J connectivity index is 1.71. The van der Waals surface area contributed by atoms with Crippen molar-refractivity contribution in [2.45, 2.75) is 24.1 Å². The third kappa shape index (κ3) is 5.51. The van der Waals surface area contributed by atoms with Crippen LogP contribution in [-0.2, 0) is 18.9 Å². The van der Waals surface area contributed by atoms with Gasteiger partial charge in [0.05, 0.1) is 5.02 Å². The summed E-state index contributed by atoms with van der Waals surface area (Å²) >= 11 is 17.2. The normalized spacial score (nSPS) is 10.8. The van der Waals surface area contributed by atoms with Crippen LogP contribution in [0.1, 0.15) is 11.4 Å². The maximum Gasteiger partial charge on any atom is 0.191 e. The fourth-order valence-electron chi connectivity index (χ4n) is 2.35. The van der Waals surface area contributed by atoms with Gasteiger partial charge < -0.3 is 4.74 Å². The quantitative estimate of drug-likeness (QED) is 0.273. The van der Waals surface area contributed by atoms with Crippen LogP contribution in [0.4, 0.5) is 0 Å². The van der Waals surface area contributed by atoms with Crippen molar-refractivity contribution in [3.05, 3.63) is 81.0 Å². The highest BCUT2D eigenvalue weighted by Crippen LogP contribution is 2.29. The first-order valence-electron chi connectivity index (χ1n) is 8.05. The number of hydrogen-bond acceptors (Lipinski definition) is 4. The number of nitrogens with zero attached hydrogens (tertiary/aromatic N) is 3. The van der Waals surface area contributed by atoms with Crippen LogP contribution in [-0.4, -0.2) is 14.8 Å². The van der Waals surface area contributed by atoms with E-state index in [4.69, 9.17) is 27.9 Å². The SMILES string of the molecule is C=CCn1c(COc2ccc(Cl)cc2Cl)nnc1SCc1cccc(Br)c1. The highest BCUT2D eigenvalue weighted by atomic mass is 79.9. The predicted molar refractivity (Wildman–Crippen MR) is 115 cm³/mol. The Morgan fingerprint density at radius 1 is 1.19 bits per heavy atom. The number of allylic oxidation sites excluding steroid dienone is 1. The zero-order chi connectivity index (χ0) is 19.2. The van der Waals surface area contributed by atoms with Crippen molar-refractivity contribution < 1.29 is 4.74 Å². The van der Waals surface area contributed by atoms with E-state index in [0.29, 0.717) is 28.2 Å². The molecule has 0 bridgehead atoms. The lowest BCUT2D eigenvalue weighted by Gasteiger charge is -2.10. The van der Waals surface area contributed by atoms with Crippen molar-refractivity contribution in [3.63, 3.8) is 0 Å². The van der Waals surface area contributed by atoms with Gasteiger partial charge >= 0.3 is 0 Å². The molecule has 0 unspecified atom stereocenters. The van der Waals surface area contributed by atoms with E-state index in [1.807, 2.05) is 22.8 Å². The fourth-order valence-corrected chi connectivity index (χ4v) is 4.17. The lowest BCUT2D eigenvalue weighted by atomic mass is 10.2. The predicted octanol–water partition coefficient (Wildman–Crippen LogP) is 6.40. The molecule has 27 heavy (non-hydrogen) atoms. The molecule has 0 saturated heterocycles. The van der Waals surface area contributed by atoms with Gasteiger partial charge in [-0.2, -0.15) is 0 Å². The minimum Gasteiger partial charge on any atom is -0.484 e. The molecule has 3 aromatic rings. The zero-order valence-electron chi connectivity index (χ0n) is 14.2. The summed E-state index contributed by atoms with van der Waals surface area (Å²) in [5.41, 5.74) is 1.20. The molecule has 1 heterocycles. The first-order valence-corrected chi connectivity index (χ1v) is 10.6. The monoisotopic (exact) mass is 483 g/mol. The standard InChI is InChI=1S/C19H16BrCl2N3OS/c1-2-8-25-18(11-26-17-7-6-15(21)10-16(17)22)23-24-19(25)27-12-13-4-3-5-14(20)9-13/h2-7,9-10H,1,8,11-12H2. The third-order valence-electron chi connectivity index (χ3n) is 3.61. The summed E-state index contributed by atoms with van der Waals surface area (Å²) in [6.07, 6.45) is 1.81. The van der Waals surface area contributed by atoms with Crippen molar-refractivity contribution in [3.8, 4) is 5.75 Å². The summed E-state index contributed by atoms with van der Waals surface area (Å²) in [5, 5.41) is 10.4. The van der Waals surface area contributed by atoms with Crippen molar-refractivity contribution in [2.75, 3.05) is 0 Å². The number of thioether (sulfide) groups is 1. The van der Waals surface area contributed by atoms with Crippen molar-refractivity contribution in [1.29, 1.82) is 0 Å². The molecule has 4 nitrogen and oxygen atoms in total. The number of rotatable bonds is 8. The molecule has 0 aliphatic carbocycles. The van der Waals surface area contributed by atoms with Crippen LogP contribution in [0.15, 0.2) is 64.7 Å².